The molecule has 0 saturated carbocycles. The van der Waals surface area contributed by atoms with Crippen molar-refractivity contribution in [2.24, 2.45) is 0 Å². The second-order valence-corrected chi connectivity index (χ2v) is 5.78. The number of H-pyrrole nitrogens is 2. The quantitative estimate of drug-likeness (QED) is 0.460. The topological polar surface area (TPSA) is 115 Å². The van der Waals surface area contributed by atoms with Crippen LogP contribution in [-0.4, -0.2) is 45.6 Å². The van der Waals surface area contributed by atoms with E-state index in [9.17, 15) is 14.4 Å². The number of nitrogens with one attached hydrogen (secondary N) is 3. The van der Waals surface area contributed by atoms with Gasteiger partial charge in [0.2, 0.25) is 5.91 Å². The fourth-order valence-corrected chi connectivity index (χ4v) is 2.57. The van der Waals surface area contributed by atoms with E-state index in [-0.39, 0.29) is 18.9 Å². The van der Waals surface area contributed by atoms with Crippen molar-refractivity contribution in [1.82, 2.24) is 15.3 Å². The Balaban J connectivity index is 2.31. The first-order valence-electron chi connectivity index (χ1n) is 6.82. The summed E-state index contributed by atoms with van der Waals surface area (Å²) >= 11 is 1.67. The number of carbonyl (C=O) groups excluding carboxylic acids is 1. The van der Waals surface area contributed by atoms with Crippen LogP contribution in [0.5, 0.6) is 0 Å². The lowest BCUT2D eigenvalue weighted by Crippen LogP contribution is -2.29. The smallest absolute Gasteiger partial charge is 0.325 e. The molecule has 0 fully saturated rings. The maximum Gasteiger partial charge on any atom is 0.325 e. The summed E-state index contributed by atoms with van der Waals surface area (Å²) in [6, 6.07) is 0. The van der Waals surface area contributed by atoms with Gasteiger partial charge >= 0.3 is 5.69 Å². The Morgan fingerprint density at radius 3 is 2.71 bits per heavy atom. The van der Waals surface area contributed by atoms with Crippen LogP contribution in [0.1, 0.15) is 24.1 Å². The highest BCUT2D eigenvalue weighted by molar-refractivity contribution is 7.99. The van der Waals surface area contributed by atoms with Gasteiger partial charge in [-0.05, 0) is 25.5 Å². The lowest BCUT2D eigenvalue weighted by molar-refractivity contribution is -0.120. The molecule has 0 spiro atoms. The van der Waals surface area contributed by atoms with Crippen LogP contribution < -0.4 is 16.6 Å². The summed E-state index contributed by atoms with van der Waals surface area (Å²) < 4.78 is 0. The number of aliphatic hydroxyl groups excluding tert-OH is 1. The summed E-state index contributed by atoms with van der Waals surface area (Å²) in [7, 11) is 0. The molecule has 1 amide bonds. The van der Waals surface area contributed by atoms with E-state index < -0.39 is 11.2 Å². The van der Waals surface area contributed by atoms with Crippen molar-refractivity contribution in [3.05, 3.63) is 32.1 Å². The third kappa shape index (κ3) is 6.63. The first-order chi connectivity index (χ1) is 10.0. The Labute approximate surface area is 126 Å². The van der Waals surface area contributed by atoms with Crippen LogP contribution in [0.25, 0.3) is 0 Å². The maximum absolute atomic E-state index is 11.7. The average molecular weight is 315 g/mol. The van der Waals surface area contributed by atoms with Gasteiger partial charge in [0.25, 0.3) is 5.56 Å². The van der Waals surface area contributed by atoms with Crippen LogP contribution in [0.15, 0.2) is 9.59 Å². The fourth-order valence-electron chi connectivity index (χ4n) is 1.79. The van der Waals surface area contributed by atoms with Crippen LogP contribution >= 0.6 is 11.8 Å². The van der Waals surface area contributed by atoms with Gasteiger partial charge in [0.1, 0.15) is 0 Å². The molecule has 21 heavy (non-hydrogen) atoms. The number of thioether (sulfide) groups is 1. The lowest BCUT2D eigenvalue weighted by atomic mass is 10.1. The predicted octanol–water partition coefficient (Wildman–Crippen LogP) is -0.464. The van der Waals surface area contributed by atoms with Crippen molar-refractivity contribution < 1.29 is 9.90 Å². The zero-order valence-electron chi connectivity index (χ0n) is 12.0. The van der Waals surface area contributed by atoms with Gasteiger partial charge in [-0.2, -0.15) is 11.8 Å². The van der Waals surface area contributed by atoms with Crippen LogP contribution in [0, 0.1) is 6.92 Å². The maximum atomic E-state index is 11.7. The van der Waals surface area contributed by atoms with Crippen molar-refractivity contribution in [2.45, 2.75) is 26.2 Å². The molecule has 4 N–H and O–H groups in total. The SMILES string of the molecule is Cc1[nH]c(=O)[nH]c(=O)c1CCC(=O)NCCSCCCO. The summed E-state index contributed by atoms with van der Waals surface area (Å²) in [5.74, 6) is 1.55. The molecule has 0 radical (unpaired) electrons. The van der Waals surface area contributed by atoms with Crippen molar-refractivity contribution in [1.29, 1.82) is 0 Å². The normalized spacial score (nSPS) is 10.6. The van der Waals surface area contributed by atoms with E-state index in [2.05, 4.69) is 15.3 Å². The lowest BCUT2D eigenvalue weighted by Gasteiger charge is -2.06. The molecular formula is C13H21N3O4S. The number of carbonyl (C=O) groups is 1. The minimum absolute atomic E-state index is 0.122. The van der Waals surface area contributed by atoms with E-state index in [1.807, 2.05) is 0 Å². The fraction of sp³-hybridized carbons (Fsp3) is 0.615. The number of rotatable bonds is 9. The molecule has 0 atom stereocenters. The standard InChI is InChI=1S/C13H21N3O4S/c1-9-10(12(19)16-13(20)15-9)3-4-11(18)14-5-8-21-7-2-6-17/h17H,2-8H2,1H3,(H,14,18)(H2,15,16,19,20). The second-order valence-electron chi connectivity index (χ2n) is 4.55. The molecule has 0 aromatic carbocycles. The summed E-state index contributed by atoms with van der Waals surface area (Å²) in [5.41, 5.74) is -0.0487. The van der Waals surface area contributed by atoms with Gasteiger partial charge < -0.3 is 15.4 Å². The highest BCUT2D eigenvalue weighted by atomic mass is 32.2. The third-order valence-electron chi connectivity index (χ3n) is 2.87. The van der Waals surface area contributed by atoms with E-state index in [1.54, 1.807) is 18.7 Å². The minimum Gasteiger partial charge on any atom is -0.396 e. The van der Waals surface area contributed by atoms with E-state index in [0.29, 0.717) is 24.2 Å². The van der Waals surface area contributed by atoms with Gasteiger partial charge in [-0.15, -0.1) is 0 Å². The largest absolute Gasteiger partial charge is 0.396 e. The number of hydrogen-bond acceptors (Lipinski definition) is 5. The average Bonchev–Trinajstić information content (AvgIpc) is 2.41. The molecule has 0 aliphatic carbocycles. The van der Waals surface area contributed by atoms with Crippen LogP contribution in [0.4, 0.5) is 0 Å². The first-order valence-corrected chi connectivity index (χ1v) is 7.97. The minimum atomic E-state index is -0.536. The summed E-state index contributed by atoms with van der Waals surface area (Å²) in [6.07, 6.45) is 1.26. The molecular weight excluding hydrogens is 294 g/mol. The highest BCUT2D eigenvalue weighted by Crippen LogP contribution is 2.01. The molecule has 1 heterocycles. The van der Waals surface area contributed by atoms with Gasteiger partial charge in [0.15, 0.2) is 0 Å². The molecule has 0 saturated heterocycles. The molecule has 0 aliphatic rings. The number of aryl methyl sites for hydroxylation is 1. The Bertz CT molecular complexity index is 567. The Morgan fingerprint density at radius 1 is 1.29 bits per heavy atom. The monoisotopic (exact) mass is 315 g/mol. The van der Waals surface area contributed by atoms with Gasteiger partial charge in [-0.25, -0.2) is 4.79 Å². The van der Waals surface area contributed by atoms with Crippen molar-refractivity contribution in [2.75, 3.05) is 24.7 Å². The number of amides is 1. The first kappa shape index (κ1) is 17.5. The van der Waals surface area contributed by atoms with Gasteiger partial charge in [-0.3, -0.25) is 14.6 Å². The van der Waals surface area contributed by atoms with E-state index in [4.69, 9.17) is 5.11 Å². The van der Waals surface area contributed by atoms with Gasteiger partial charge in [0.05, 0.1) is 0 Å². The summed E-state index contributed by atoms with van der Waals surface area (Å²) in [4.78, 5) is 39.0. The van der Waals surface area contributed by atoms with Crippen LogP contribution in [-0.2, 0) is 11.2 Å². The molecule has 0 bridgehead atoms. The zero-order chi connectivity index (χ0) is 15.7. The highest BCUT2D eigenvalue weighted by Gasteiger charge is 2.08. The summed E-state index contributed by atoms with van der Waals surface area (Å²) in [5, 5.41) is 11.4. The predicted molar refractivity (Wildman–Crippen MR) is 82.8 cm³/mol. The molecule has 7 nitrogen and oxygen atoms in total. The molecule has 8 heteroatoms. The molecule has 1 rings (SSSR count). The van der Waals surface area contributed by atoms with Crippen molar-refractivity contribution >= 4 is 17.7 Å². The number of hydrogen-bond donors (Lipinski definition) is 4. The third-order valence-corrected chi connectivity index (χ3v) is 3.94. The zero-order valence-corrected chi connectivity index (χ0v) is 12.8. The second kappa shape index (κ2) is 9.41. The molecule has 0 unspecified atom stereocenters. The molecule has 1 aromatic rings. The van der Waals surface area contributed by atoms with Crippen molar-refractivity contribution in [3.8, 4) is 0 Å². The Morgan fingerprint density at radius 2 is 2.05 bits per heavy atom. The van der Waals surface area contributed by atoms with E-state index in [0.717, 1.165) is 17.9 Å². The van der Waals surface area contributed by atoms with Gasteiger partial charge in [0, 0.05) is 36.6 Å². The Kier molecular flexibility index (Phi) is 7.84. The van der Waals surface area contributed by atoms with E-state index >= 15 is 0 Å². The van der Waals surface area contributed by atoms with Crippen LogP contribution in [0.3, 0.4) is 0 Å². The molecule has 0 aliphatic heterocycles. The number of aliphatic hydroxyl groups is 1. The molecule has 1 aromatic heterocycles. The van der Waals surface area contributed by atoms with Crippen molar-refractivity contribution in [3.63, 3.8) is 0 Å². The number of aromatic nitrogens is 2. The van der Waals surface area contributed by atoms with E-state index in [1.165, 1.54) is 0 Å². The molecule has 118 valence electrons. The number of aromatic amines is 2. The van der Waals surface area contributed by atoms with Crippen LogP contribution in [0.2, 0.25) is 0 Å². The van der Waals surface area contributed by atoms with Gasteiger partial charge in [-0.1, -0.05) is 0 Å². The Hall–Kier alpha value is -1.54. The summed E-state index contributed by atoms with van der Waals surface area (Å²) in [6.45, 7) is 2.39.